The molecule has 8 nitrogen and oxygen atoms in total. The molecule has 9 heteroatoms. The van der Waals surface area contributed by atoms with E-state index in [1.54, 1.807) is 66.7 Å². The Morgan fingerprint density at radius 2 is 1.32 bits per heavy atom. The third kappa shape index (κ3) is 9.06. The number of aryl methyl sites for hydroxylation is 1. The number of benzene rings is 5. The number of amides is 3. The van der Waals surface area contributed by atoms with Crippen LogP contribution >= 0.6 is 11.8 Å². The highest BCUT2D eigenvalue weighted by Crippen LogP contribution is 2.37. The molecule has 0 heterocycles. The summed E-state index contributed by atoms with van der Waals surface area (Å²) in [5.74, 6) is -2.31. The molecule has 0 aliphatic heterocycles. The predicted molar refractivity (Wildman–Crippen MR) is 185 cm³/mol. The van der Waals surface area contributed by atoms with Crippen molar-refractivity contribution in [2.24, 2.45) is 0 Å². The Hall–Kier alpha value is -5.93. The Morgan fingerprint density at radius 3 is 1.98 bits per heavy atom. The highest BCUT2D eigenvalue weighted by Gasteiger charge is 2.23. The van der Waals surface area contributed by atoms with Crippen LogP contribution in [0.1, 0.15) is 42.7 Å². The average molecular weight is 642 g/mol. The number of aromatic carboxylic acids is 1. The van der Waals surface area contributed by atoms with Crippen LogP contribution in [-0.4, -0.2) is 28.8 Å². The summed E-state index contributed by atoms with van der Waals surface area (Å²) in [5.41, 5.74) is 4.02. The summed E-state index contributed by atoms with van der Waals surface area (Å²) in [6, 6.07) is 38.6. The van der Waals surface area contributed by atoms with Gasteiger partial charge >= 0.3 is 5.97 Å². The van der Waals surface area contributed by atoms with E-state index in [-0.39, 0.29) is 17.2 Å². The molecule has 234 valence electrons. The Labute approximate surface area is 276 Å². The van der Waals surface area contributed by atoms with Crippen molar-refractivity contribution in [3.05, 3.63) is 167 Å². The maximum Gasteiger partial charge on any atom is 0.335 e. The molecular weight excluding hydrogens is 611 g/mol. The molecule has 5 aromatic carbocycles. The Bertz CT molecular complexity index is 1910. The van der Waals surface area contributed by atoms with Crippen molar-refractivity contribution < 1.29 is 24.3 Å². The molecule has 0 radical (unpaired) electrons. The lowest BCUT2D eigenvalue weighted by atomic mass is 10.1. The second-order valence-electron chi connectivity index (χ2n) is 10.6. The number of hydrogen-bond acceptors (Lipinski definition) is 5. The lowest BCUT2D eigenvalue weighted by molar-refractivity contribution is -0.116. The zero-order valence-corrected chi connectivity index (χ0v) is 26.2. The number of hydrogen-bond donors (Lipinski definition) is 4. The van der Waals surface area contributed by atoms with Crippen LogP contribution in [0, 0.1) is 6.92 Å². The number of nitrogens with one attached hydrogen (secondary N) is 3. The zero-order valence-electron chi connectivity index (χ0n) is 25.3. The molecule has 3 amide bonds. The topological polar surface area (TPSA) is 125 Å². The van der Waals surface area contributed by atoms with E-state index >= 15 is 0 Å². The first kappa shape index (κ1) is 32.5. The molecule has 0 aliphatic rings. The maximum absolute atomic E-state index is 13.5. The molecule has 0 bridgehead atoms. The van der Waals surface area contributed by atoms with E-state index in [4.69, 9.17) is 0 Å². The molecule has 1 unspecified atom stereocenters. The van der Waals surface area contributed by atoms with Crippen LogP contribution in [0.5, 0.6) is 0 Å². The minimum Gasteiger partial charge on any atom is -0.478 e. The van der Waals surface area contributed by atoms with E-state index in [1.165, 1.54) is 23.9 Å². The number of anilines is 2. The van der Waals surface area contributed by atoms with Crippen LogP contribution in [0.4, 0.5) is 11.4 Å². The highest BCUT2D eigenvalue weighted by molar-refractivity contribution is 8.00. The van der Waals surface area contributed by atoms with Gasteiger partial charge in [0.05, 0.1) is 5.56 Å². The summed E-state index contributed by atoms with van der Waals surface area (Å²) in [5, 5.41) is 17.1. The lowest BCUT2D eigenvalue weighted by Gasteiger charge is -2.18. The number of carboxylic acids is 1. The van der Waals surface area contributed by atoms with E-state index in [0.717, 1.165) is 21.6 Å². The molecule has 0 fully saturated rings. The molecule has 0 saturated heterocycles. The number of carboxylic acid groups (broad SMARTS) is 1. The van der Waals surface area contributed by atoms with Crippen LogP contribution in [-0.2, 0) is 9.59 Å². The summed E-state index contributed by atoms with van der Waals surface area (Å²) >= 11 is 1.31. The van der Waals surface area contributed by atoms with Crippen LogP contribution < -0.4 is 16.0 Å². The number of carbonyl (C=O) groups is 4. The van der Waals surface area contributed by atoms with Crippen LogP contribution in [0.3, 0.4) is 0 Å². The summed E-state index contributed by atoms with van der Waals surface area (Å²) < 4.78 is 0. The third-order valence-corrected chi connectivity index (χ3v) is 8.27. The van der Waals surface area contributed by atoms with Gasteiger partial charge < -0.3 is 21.1 Å². The monoisotopic (exact) mass is 641 g/mol. The summed E-state index contributed by atoms with van der Waals surface area (Å²) in [4.78, 5) is 52.0. The average Bonchev–Trinajstić information content (AvgIpc) is 3.09. The van der Waals surface area contributed by atoms with Crippen LogP contribution in [0.25, 0.3) is 6.08 Å². The first-order valence-electron chi connectivity index (χ1n) is 14.7. The van der Waals surface area contributed by atoms with Crippen LogP contribution in [0.15, 0.2) is 144 Å². The molecule has 0 aliphatic carbocycles. The molecule has 0 saturated carbocycles. The molecule has 5 rings (SSSR count). The first-order chi connectivity index (χ1) is 22.7. The molecule has 47 heavy (non-hydrogen) atoms. The van der Waals surface area contributed by atoms with Gasteiger partial charge in [-0.25, -0.2) is 4.79 Å². The second-order valence-corrected chi connectivity index (χ2v) is 11.7. The number of thioether (sulfide) groups is 1. The Balaban J connectivity index is 1.32. The van der Waals surface area contributed by atoms with Gasteiger partial charge in [-0.15, -0.1) is 11.8 Å². The van der Waals surface area contributed by atoms with E-state index < -0.39 is 23.0 Å². The number of carbonyl (C=O) groups excluding carboxylic acids is 3. The van der Waals surface area contributed by atoms with Crippen molar-refractivity contribution in [1.82, 2.24) is 5.32 Å². The normalized spacial score (nSPS) is 11.6. The molecule has 4 N–H and O–H groups in total. The standard InChI is InChI=1S/C38H31N3O5S/c1-25-15-17-26(18-16-25)23-33(41-35(42)28-11-6-3-7-12-28)36(43)39-30-19-21-32(22-20-30)47-34(27-9-4-2-5-10-27)37(44)40-31-14-8-13-29(24-31)38(45)46/h2-24,34H,1H3,(H,39,43)(H,40,44)(H,41,42)(H,45,46)/b33-23-. The van der Waals surface area contributed by atoms with Crippen molar-refractivity contribution >= 4 is 52.9 Å². The van der Waals surface area contributed by atoms with Gasteiger partial charge in [0.2, 0.25) is 5.91 Å². The summed E-state index contributed by atoms with van der Waals surface area (Å²) in [6.45, 7) is 1.97. The smallest absolute Gasteiger partial charge is 0.335 e. The van der Waals surface area contributed by atoms with Crippen molar-refractivity contribution in [3.8, 4) is 0 Å². The van der Waals surface area contributed by atoms with Crippen molar-refractivity contribution in [2.75, 3.05) is 10.6 Å². The summed E-state index contributed by atoms with van der Waals surface area (Å²) in [6.07, 6.45) is 1.62. The van der Waals surface area contributed by atoms with Gasteiger partial charge in [-0.2, -0.15) is 0 Å². The SMILES string of the molecule is Cc1ccc(/C=C(\NC(=O)c2ccccc2)C(=O)Nc2ccc(SC(C(=O)Nc3cccc(C(=O)O)c3)c3ccccc3)cc2)cc1. The van der Waals surface area contributed by atoms with Gasteiger partial charge in [0.1, 0.15) is 10.9 Å². The van der Waals surface area contributed by atoms with Gasteiger partial charge in [0.25, 0.3) is 11.8 Å². The molecule has 0 aromatic heterocycles. The van der Waals surface area contributed by atoms with Gasteiger partial charge in [0.15, 0.2) is 0 Å². The Kier molecular flexibility index (Phi) is 10.6. The van der Waals surface area contributed by atoms with Gasteiger partial charge in [0, 0.05) is 21.8 Å². The van der Waals surface area contributed by atoms with E-state index in [2.05, 4.69) is 16.0 Å². The lowest BCUT2D eigenvalue weighted by Crippen LogP contribution is -2.30. The summed E-state index contributed by atoms with van der Waals surface area (Å²) in [7, 11) is 0. The minimum atomic E-state index is -1.08. The predicted octanol–water partition coefficient (Wildman–Crippen LogP) is 7.57. The largest absolute Gasteiger partial charge is 0.478 e. The van der Waals surface area contributed by atoms with E-state index in [0.29, 0.717) is 16.9 Å². The minimum absolute atomic E-state index is 0.0702. The fraction of sp³-hybridized carbons (Fsp3) is 0.0526. The fourth-order valence-corrected chi connectivity index (χ4v) is 5.59. The zero-order chi connectivity index (χ0) is 33.2. The van der Waals surface area contributed by atoms with Crippen molar-refractivity contribution in [2.45, 2.75) is 17.1 Å². The third-order valence-electron chi connectivity index (χ3n) is 7.00. The Morgan fingerprint density at radius 1 is 0.681 bits per heavy atom. The van der Waals surface area contributed by atoms with Gasteiger partial charge in [-0.1, -0.05) is 84.4 Å². The molecule has 1 atom stereocenters. The quantitative estimate of drug-likeness (QED) is 0.0871. The van der Waals surface area contributed by atoms with Gasteiger partial charge in [-0.3, -0.25) is 14.4 Å². The molecule has 5 aromatic rings. The highest BCUT2D eigenvalue weighted by atomic mass is 32.2. The second kappa shape index (κ2) is 15.4. The fourth-order valence-electron chi connectivity index (χ4n) is 4.56. The molecule has 0 spiro atoms. The van der Waals surface area contributed by atoms with E-state index in [1.807, 2.05) is 67.6 Å². The van der Waals surface area contributed by atoms with Gasteiger partial charge in [-0.05, 0) is 78.7 Å². The molecular formula is C38H31N3O5S. The maximum atomic E-state index is 13.5. The van der Waals surface area contributed by atoms with Crippen LogP contribution in [0.2, 0.25) is 0 Å². The van der Waals surface area contributed by atoms with Crippen molar-refractivity contribution in [3.63, 3.8) is 0 Å². The number of rotatable bonds is 11. The van der Waals surface area contributed by atoms with E-state index in [9.17, 15) is 24.3 Å². The first-order valence-corrected chi connectivity index (χ1v) is 15.5. The van der Waals surface area contributed by atoms with Crippen molar-refractivity contribution in [1.29, 1.82) is 0 Å².